The van der Waals surface area contributed by atoms with E-state index in [2.05, 4.69) is 20.9 Å². The zero-order valence-corrected chi connectivity index (χ0v) is 7.83. The fourth-order valence-electron chi connectivity index (χ4n) is 0.581. The molecule has 0 saturated heterocycles. The Bertz CT molecular complexity index is 246. The molecule has 2 nitrogen and oxygen atoms in total. The van der Waals surface area contributed by atoms with Crippen LogP contribution in [-0.2, 0) is 6.42 Å². The zero-order chi connectivity index (χ0) is 7.56. The van der Waals surface area contributed by atoms with Crippen molar-refractivity contribution in [2.24, 2.45) is 0 Å². The molecule has 0 spiro atoms. The smallest absolute Gasteiger partial charge is 0.170 e. The average molecular weight is 220 g/mol. The van der Waals surface area contributed by atoms with Crippen molar-refractivity contribution in [2.45, 2.75) is 13.3 Å². The van der Waals surface area contributed by atoms with Crippen molar-refractivity contribution in [3.8, 4) is 0 Å². The lowest BCUT2D eigenvalue weighted by atomic mass is 10.5. The molecule has 0 atom stereocenters. The molecule has 0 saturated carbocycles. The van der Waals surface area contributed by atoms with Gasteiger partial charge >= 0.3 is 0 Å². The third-order valence-electron chi connectivity index (χ3n) is 1.07. The van der Waals surface area contributed by atoms with E-state index in [4.69, 9.17) is 0 Å². The van der Waals surface area contributed by atoms with Crippen molar-refractivity contribution in [1.82, 2.24) is 4.98 Å². The second-order valence-electron chi connectivity index (χ2n) is 1.74. The summed E-state index contributed by atoms with van der Waals surface area (Å²) in [5.41, 5.74) is 0.516. The van der Waals surface area contributed by atoms with Crippen LogP contribution in [0, 0.1) is 0 Å². The van der Waals surface area contributed by atoms with E-state index in [1.165, 1.54) is 11.3 Å². The highest BCUT2D eigenvalue weighted by atomic mass is 79.9. The molecule has 0 aliphatic carbocycles. The van der Waals surface area contributed by atoms with Crippen LogP contribution in [0.15, 0.2) is 3.79 Å². The van der Waals surface area contributed by atoms with Crippen molar-refractivity contribution in [3.05, 3.63) is 14.5 Å². The van der Waals surface area contributed by atoms with Gasteiger partial charge in [-0.15, -0.1) is 11.3 Å². The predicted octanol–water partition coefficient (Wildman–Crippen LogP) is 2.28. The Labute approximate surface area is 71.4 Å². The third-order valence-corrected chi connectivity index (χ3v) is 2.96. The van der Waals surface area contributed by atoms with Gasteiger partial charge in [-0.1, -0.05) is 6.92 Å². The van der Waals surface area contributed by atoms with E-state index in [0.29, 0.717) is 5.69 Å². The quantitative estimate of drug-likeness (QED) is 0.715. The number of aryl methyl sites for hydroxylation is 1. The normalized spacial score (nSPS) is 9.80. The van der Waals surface area contributed by atoms with Gasteiger partial charge < -0.3 is 0 Å². The van der Waals surface area contributed by atoms with E-state index in [1.54, 1.807) is 0 Å². The molecule has 0 radical (unpaired) electrons. The maximum atomic E-state index is 10.3. The first-order chi connectivity index (χ1) is 4.77. The Kier molecular flexibility index (Phi) is 2.56. The first-order valence-electron chi connectivity index (χ1n) is 2.88. The summed E-state index contributed by atoms with van der Waals surface area (Å²) in [6.45, 7) is 2.01. The highest BCUT2D eigenvalue weighted by Gasteiger charge is 2.04. The minimum atomic E-state index is 0.516. The number of thiazole rings is 1. The minimum Gasteiger partial charge on any atom is -0.296 e. The Morgan fingerprint density at radius 1 is 1.80 bits per heavy atom. The van der Waals surface area contributed by atoms with Gasteiger partial charge in [0.2, 0.25) is 0 Å². The van der Waals surface area contributed by atoms with Crippen LogP contribution < -0.4 is 0 Å². The van der Waals surface area contributed by atoms with Gasteiger partial charge in [-0.25, -0.2) is 4.98 Å². The molecule has 0 N–H and O–H groups in total. The summed E-state index contributed by atoms with van der Waals surface area (Å²) in [5.74, 6) is 0. The minimum absolute atomic E-state index is 0.516. The summed E-state index contributed by atoms with van der Waals surface area (Å²) < 4.78 is 0.833. The van der Waals surface area contributed by atoms with E-state index in [9.17, 15) is 4.79 Å². The lowest BCUT2D eigenvalue weighted by Crippen LogP contribution is -1.81. The SMILES string of the molecule is CCc1nc(C=O)c(Br)s1. The Balaban J connectivity index is 3.03. The molecule has 54 valence electrons. The van der Waals surface area contributed by atoms with Crippen LogP contribution in [0.2, 0.25) is 0 Å². The zero-order valence-electron chi connectivity index (χ0n) is 5.43. The van der Waals surface area contributed by atoms with Crippen LogP contribution >= 0.6 is 27.3 Å². The van der Waals surface area contributed by atoms with Crippen molar-refractivity contribution in [1.29, 1.82) is 0 Å². The summed E-state index contributed by atoms with van der Waals surface area (Å²) in [6, 6.07) is 0. The second-order valence-corrected chi connectivity index (χ2v) is 4.14. The second kappa shape index (κ2) is 3.25. The van der Waals surface area contributed by atoms with Crippen molar-refractivity contribution in [3.63, 3.8) is 0 Å². The van der Waals surface area contributed by atoms with E-state index >= 15 is 0 Å². The lowest BCUT2D eigenvalue weighted by Gasteiger charge is -1.78. The summed E-state index contributed by atoms with van der Waals surface area (Å²) in [4.78, 5) is 14.3. The molecule has 1 aromatic heterocycles. The third kappa shape index (κ3) is 1.44. The Morgan fingerprint density at radius 2 is 2.50 bits per heavy atom. The van der Waals surface area contributed by atoms with E-state index in [0.717, 1.165) is 21.5 Å². The first kappa shape index (κ1) is 7.88. The van der Waals surface area contributed by atoms with Crippen molar-refractivity contribution in [2.75, 3.05) is 0 Å². The van der Waals surface area contributed by atoms with E-state index in [-0.39, 0.29) is 0 Å². The van der Waals surface area contributed by atoms with Crippen LogP contribution in [0.5, 0.6) is 0 Å². The number of aromatic nitrogens is 1. The molecule has 0 unspecified atom stereocenters. The van der Waals surface area contributed by atoms with Crippen LogP contribution in [0.4, 0.5) is 0 Å². The fraction of sp³-hybridized carbons (Fsp3) is 0.333. The predicted molar refractivity (Wildman–Crippen MR) is 44.6 cm³/mol. The van der Waals surface area contributed by atoms with Gasteiger partial charge in [0.15, 0.2) is 6.29 Å². The first-order valence-corrected chi connectivity index (χ1v) is 4.49. The molecular formula is C6H6BrNOS. The maximum absolute atomic E-state index is 10.3. The molecule has 0 fully saturated rings. The largest absolute Gasteiger partial charge is 0.296 e. The van der Waals surface area contributed by atoms with Gasteiger partial charge in [0.1, 0.15) is 9.48 Å². The Hall–Kier alpha value is -0.220. The van der Waals surface area contributed by atoms with E-state index in [1.807, 2.05) is 6.92 Å². The number of aldehydes is 1. The number of carbonyl (C=O) groups is 1. The molecule has 1 aromatic rings. The standard InChI is InChI=1S/C6H6BrNOS/c1-2-5-8-4(3-9)6(7)10-5/h3H,2H2,1H3. The molecule has 0 aliphatic heterocycles. The molecule has 0 bridgehead atoms. The van der Waals surface area contributed by atoms with Gasteiger partial charge in [0.05, 0.1) is 5.01 Å². The maximum Gasteiger partial charge on any atom is 0.170 e. The monoisotopic (exact) mass is 219 g/mol. The van der Waals surface area contributed by atoms with Gasteiger partial charge in [0.25, 0.3) is 0 Å². The molecule has 10 heavy (non-hydrogen) atoms. The highest BCUT2D eigenvalue weighted by molar-refractivity contribution is 9.11. The summed E-state index contributed by atoms with van der Waals surface area (Å²) in [6.07, 6.45) is 1.65. The van der Waals surface area contributed by atoms with Gasteiger partial charge in [0, 0.05) is 0 Å². The van der Waals surface area contributed by atoms with E-state index < -0.39 is 0 Å². The number of nitrogens with zero attached hydrogens (tertiary/aromatic N) is 1. The van der Waals surface area contributed by atoms with Crippen LogP contribution in [0.3, 0.4) is 0 Å². The van der Waals surface area contributed by atoms with Crippen LogP contribution in [0.1, 0.15) is 22.4 Å². The number of hydrogen-bond acceptors (Lipinski definition) is 3. The molecule has 0 aromatic carbocycles. The Morgan fingerprint density at radius 3 is 2.80 bits per heavy atom. The molecule has 0 amide bonds. The molecule has 4 heteroatoms. The van der Waals surface area contributed by atoms with Gasteiger partial charge in [-0.05, 0) is 22.4 Å². The molecular weight excluding hydrogens is 214 g/mol. The molecule has 1 heterocycles. The number of hydrogen-bond donors (Lipinski definition) is 0. The topological polar surface area (TPSA) is 30.0 Å². The number of carbonyl (C=O) groups excluding carboxylic acids is 1. The highest BCUT2D eigenvalue weighted by Crippen LogP contribution is 2.23. The average Bonchev–Trinajstić information content (AvgIpc) is 2.30. The van der Waals surface area contributed by atoms with Gasteiger partial charge in [-0.2, -0.15) is 0 Å². The van der Waals surface area contributed by atoms with Crippen LogP contribution in [0.25, 0.3) is 0 Å². The van der Waals surface area contributed by atoms with Crippen molar-refractivity contribution >= 4 is 33.6 Å². The number of rotatable bonds is 2. The number of halogens is 1. The summed E-state index contributed by atoms with van der Waals surface area (Å²) in [7, 11) is 0. The summed E-state index contributed by atoms with van der Waals surface area (Å²) in [5, 5.41) is 0.994. The van der Waals surface area contributed by atoms with Crippen LogP contribution in [-0.4, -0.2) is 11.3 Å². The van der Waals surface area contributed by atoms with Gasteiger partial charge in [-0.3, -0.25) is 4.79 Å². The fourth-order valence-corrected chi connectivity index (χ4v) is 2.02. The molecule has 0 aliphatic rings. The molecule has 1 rings (SSSR count). The lowest BCUT2D eigenvalue weighted by molar-refractivity contribution is 0.111. The summed E-state index contributed by atoms with van der Waals surface area (Å²) >= 11 is 4.76. The van der Waals surface area contributed by atoms with Crippen molar-refractivity contribution < 1.29 is 4.79 Å².